The van der Waals surface area contributed by atoms with E-state index in [1.54, 1.807) is 0 Å². The summed E-state index contributed by atoms with van der Waals surface area (Å²) in [4.78, 5) is 12.5. The highest BCUT2D eigenvalue weighted by Gasteiger charge is 2.14. The van der Waals surface area contributed by atoms with Gasteiger partial charge in [0.15, 0.2) is 0 Å². The van der Waals surface area contributed by atoms with Crippen LogP contribution in [0.2, 0.25) is 0 Å². The lowest BCUT2D eigenvalue weighted by atomic mass is 9.99. The lowest BCUT2D eigenvalue weighted by molar-refractivity contribution is 0.102. The van der Waals surface area contributed by atoms with E-state index < -0.39 is 0 Å². The first-order valence-electron chi connectivity index (χ1n) is 6.54. The lowest BCUT2D eigenvalue weighted by Crippen LogP contribution is -2.15. The van der Waals surface area contributed by atoms with Crippen LogP contribution in [0.15, 0.2) is 34.8 Å². The van der Waals surface area contributed by atoms with Gasteiger partial charge in [-0.2, -0.15) is 0 Å². The van der Waals surface area contributed by atoms with Crippen LogP contribution in [-0.4, -0.2) is 5.91 Å². The van der Waals surface area contributed by atoms with Crippen LogP contribution in [0.1, 0.15) is 32.6 Å². The molecule has 0 saturated carbocycles. The van der Waals surface area contributed by atoms with Crippen molar-refractivity contribution in [1.29, 1.82) is 0 Å². The number of carbonyl (C=O) groups is 1. The number of aryl methyl sites for hydroxylation is 4. The molecule has 0 aliphatic rings. The molecule has 0 aliphatic carbocycles. The maximum absolute atomic E-state index is 12.5. The first-order valence-corrected chi connectivity index (χ1v) is 7.33. The molecule has 2 aromatic rings. The molecule has 2 aromatic carbocycles. The monoisotopic (exact) mass is 331 g/mol. The van der Waals surface area contributed by atoms with Gasteiger partial charge in [0.25, 0.3) is 5.91 Å². The Morgan fingerprint density at radius 3 is 2.15 bits per heavy atom. The van der Waals surface area contributed by atoms with Crippen molar-refractivity contribution in [2.24, 2.45) is 0 Å². The summed E-state index contributed by atoms with van der Waals surface area (Å²) < 4.78 is 0.888. The molecule has 0 radical (unpaired) electrons. The summed E-state index contributed by atoms with van der Waals surface area (Å²) in [6, 6.07) is 9.98. The molecule has 0 aliphatic heterocycles. The average Bonchev–Trinajstić information content (AvgIpc) is 2.32. The Morgan fingerprint density at radius 1 is 0.950 bits per heavy atom. The highest BCUT2D eigenvalue weighted by atomic mass is 79.9. The average molecular weight is 332 g/mol. The van der Waals surface area contributed by atoms with Crippen molar-refractivity contribution in [2.45, 2.75) is 27.7 Å². The predicted molar refractivity (Wildman–Crippen MR) is 87.5 cm³/mol. The van der Waals surface area contributed by atoms with E-state index in [9.17, 15) is 4.79 Å². The van der Waals surface area contributed by atoms with Gasteiger partial charge >= 0.3 is 0 Å². The van der Waals surface area contributed by atoms with Gasteiger partial charge < -0.3 is 5.32 Å². The third-order valence-electron chi connectivity index (χ3n) is 3.27. The van der Waals surface area contributed by atoms with Crippen molar-refractivity contribution in [3.8, 4) is 0 Å². The summed E-state index contributed by atoms with van der Waals surface area (Å²) in [7, 11) is 0. The summed E-state index contributed by atoms with van der Waals surface area (Å²) in [5, 5.41) is 2.98. The van der Waals surface area contributed by atoms with Crippen LogP contribution in [0.5, 0.6) is 0 Å². The molecule has 0 saturated heterocycles. The van der Waals surface area contributed by atoms with Crippen LogP contribution < -0.4 is 5.32 Å². The molecule has 0 spiro atoms. The van der Waals surface area contributed by atoms with E-state index in [0.717, 1.165) is 32.4 Å². The van der Waals surface area contributed by atoms with Crippen LogP contribution in [0, 0.1) is 27.7 Å². The van der Waals surface area contributed by atoms with Crippen molar-refractivity contribution >= 4 is 27.5 Å². The zero-order valence-electron chi connectivity index (χ0n) is 12.2. The van der Waals surface area contributed by atoms with Gasteiger partial charge in [-0.05, 0) is 72.4 Å². The Kier molecular flexibility index (Phi) is 4.29. The first-order chi connectivity index (χ1) is 9.38. The van der Waals surface area contributed by atoms with E-state index in [1.165, 1.54) is 5.56 Å². The van der Waals surface area contributed by atoms with Gasteiger partial charge in [0.2, 0.25) is 0 Å². The minimum Gasteiger partial charge on any atom is -0.321 e. The third kappa shape index (κ3) is 3.10. The number of rotatable bonds is 2. The Hall–Kier alpha value is -1.61. The number of nitrogens with one attached hydrogen (secondary N) is 1. The van der Waals surface area contributed by atoms with Gasteiger partial charge in [0.1, 0.15) is 0 Å². The van der Waals surface area contributed by atoms with Gasteiger partial charge in [-0.25, -0.2) is 0 Å². The molecule has 0 fully saturated rings. The molecule has 0 atom stereocenters. The summed E-state index contributed by atoms with van der Waals surface area (Å²) in [5.74, 6) is -0.0636. The Balaban J connectivity index is 2.36. The van der Waals surface area contributed by atoms with E-state index in [2.05, 4.69) is 21.2 Å². The van der Waals surface area contributed by atoms with Crippen molar-refractivity contribution < 1.29 is 4.79 Å². The Morgan fingerprint density at radius 2 is 1.55 bits per heavy atom. The number of benzene rings is 2. The molecule has 0 unspecified atom stereocenters. The van der Waals surface area contributed by atoms with Gasteiger partial charge in [-0.3, -0.25) is 4.79 Å². The zero-order chi connectivity index (χ0) is 14.9. The highest BCUT2D eigenvalue weighted by Crippen LogP contribution is 2.25. The van der Waals surface area contributed by atoms with Crippen LogP contribution in [0.4, 0.5) is 5.69 Å². The van der Waals surface area contributed by atoms with Crippen molar-refractivity contribution in [2.75, 3.05) is 5.32 Å². The van der Waals surface area contributed by atoms with E-state index in [-0.39, 0.29) is 5.91 Å². The largest absolute Gasteiger partial charge is 0.321 e. The molecule has 0 aromatic heterocycles. The zero-order valence-corrected chi connectivity index (χ0v) is 13.8. The summed E-state index contributed by atoms with van der Waals surface area (Å²) in [6.07, 6.45) is 0. The van der Waals surface area contributed by atoms with Crippen molar-refractivity contribution in [1.82, 2.24) is 0 Å². The molecular weight excluding hydrogens is 314 g/mol. The Labute approximate surface area is 128 Å². The predicted octanol–water partition coefficient (Wildman–Crippen LogP) is 4.94. The second-order valence-electron chi connectivity index (χ2n) is 5.21. The number of amides is 1. The van der Waals surface area contributed by atoms with Crippen molar-refractivity contribution in [3.05, 3.63) is 62.6 Å². The fraction of sp³-hybridized carbons (Fsp3) is 0.235. The smallest absolute Gasteiger partial charge is 0.256 e. The van der Waals surface area contributed by atoms with Crippen LogP contribution in [0.25, 0.3) is 0 Å². The standard InChI is InChI=1S/C17H18BrNO/c1-10-5-6-14(18)15(9-10)19-17(20)16-12(3)7-11(2)8-13(16)4/h5-9H,1-4H3,(H,19,20). The summed E-state index contributed by atoms with van der Waals surface area (Å²) >= 11 is 3.47. The van der Waals surface area contributed by atoms with Crippen LogP contribution in [0.3, 0.4) is 0 Å². The molecule has 0 heterocycles. The molecule has 0 bridgehead atoms. The van der Waals surface area contributed by atoms with Gasteiger partial charge in [-0.1, -0.05) is 23.8 Å². The first kappa shape index (κ1) is 14.8. The second-order valence-corrected chi connectivity index (χ2v) is 6.07. The summed E-state index contributed by atoms with van der Waals surface area (Å²) in [5.41, 5.74) is 5.85. The van der Waals surface area contributed by atoms with E-state index in [1.807, 2.05) is 58.0 Å². The van der Waals surface area contributed by atoms with Crippen molar-refractivity contribution in [3.63, 3.8) is 0 Å². The minimum atomic E-state index is -0.0636. The molecule has 1 amide bonds. The normalized spacial score (nSPS) is 10.4. The van der Waals surface area contributed by atoms with E-state index in [4.69, 9.17) is 0 Å². The third-order valence-corrected chi connectivity index (χ3v) is 3.97. The number of hydrogen-bond acceptors (Lipinski definition) is 1. The SMILES string of the molecule is Cc1cc(C)c(C(=O)Nc2cc(C)ccc2Br)c(C)c1. The topological polar surface area (TPSA) is 29.1 Å². The highest BCUT2D eigenvalue weighted by molar-refractivity contribution is 9.10. The second kappa shape index (κ2) is 5.80. The van der Waals surface area contributed by atoms with Gasteiger partial charge in [0.05, 0.1) is 5.69 Å². The van der Waals surface area contributed by atoms with Gasteiger partial charge in [0, 0.05) is 10.0 Å². The molecular formula is C17H18BrNO. The molecule has 3 heteroatoms. The van der Waals surface area contributed by atoms with Crippen LogP contribution in [-0.2, 0) is 0 Å². The fourth-order valence-electron chi connectivity index (χ4n) is 2.46. The maximum atomic E-state index is 12.5. The molecule has 1 N–H and O–H groups in total. The van der Waals surface area contributed by atoms with Crippen LogP contribution >= 0.6 is 15.9 Å². The maximum Gasteiger partial charge on any atom is 0.256 e. The minimum absolute atomic E-state index is 0.0636. The quantitative estimate of drug-likeness (QED) is 0.830. The van der Waals surface area contributed by atoms with E-state index in [0.29, 0.717) is 0 Å². The molecule has 2 rings (SSSR count). The fourth-order valence-corrected chi connectivity index (χ4v) is 2.80. The lowest BCUT2D eigenvalue weighted by Gasteiger charge is -2.13. The number of hydrogen-bond donors (Lipinski definition) is 1. The summed E-state index contributed by atoms with van der Waals surface area (Å²) in [6.45, 7) is 7.99. The van der Waals surface area contributed by atoms with Gasteiger partial charge in [-0.15, -0.1) is 0 Å². The number of carbonyl (C=O) groups excluding carboxylic acids is 1. The number of anilines is 1. The molecule has 104 valence electrons. The molecule has 20 heavy (non-hydrogen) atoms. The molecule has 2 nitrogen and oxygen atoms in total. The number of halogens is 1. The Bertz CT molecular complexity index is 654. The van der Waals surface area contributed by atoms with E-state index >= 15 is 0 Å².